The Labute approximate surface area is 125 Å². The molecule has 0 saturated carbocycles. The number of rotatable bonds is 4. The number of fused-ring (bicyclic) bond motifs is 1. The monoisotopic (exact) mass is 289 g/mol. The minimum absolute atomic E-state index is 0.255. The molecule has 5 nitrogen and oxygen atoms in total. The van der Waals surface area contributed by atoms with Crippen molar-refractivity contribution < 1.29 is 9.90 Å². The Morgan fingerprint density at radius 1 is 1.43 bits per heavy atom. The summed E-state index contributed by atoms with van der Waals surface area (Å²) in [7, 11) is 2.02. The van der Waals surface area contributed by atoms with Crippen LogP contribution in [0.15, 0.2) is 18.2 Å². The molecule has 2 saturated heterocycles. The molecule has 3 rings (SSSR count). The van der Waals surface area contributed by atoms with Crippen LogP contribution in [0.2, 0.25) is 0 Å². The minimum atomic E-state index is -0.631. The fourth-order valence-corrected chi connectivity index (χ4v) is 3.90. The second-order valence-electron chi connectivity index (χ2n) is 6.61. The number of aryl methyl sites for hydroxylation is 1. The highest BCUT2D eigenvalue weighted by Gasteiger charge is 2.56. The van der Waals surface area contributed by atoms with Crippen molar-refractivity contribution in [3.63, 3.8) is 0 Å². The average Bonchev–Trinajstić information content (AvgIpc) is 2.90. The van der Waals surface area contributed by atoms with E-state index in [0.717, 1.165) is 37.4 Å². The predicted molar refractivity (Wildman–Crippen MR) is 80.2 cm³/mol. The maximum Gasteiger partial charge on any atom is 0.312 e. The molecule has 0 amide bonds. The van der Waals surface area contributed by atoms with Gasteiger partial charge in [0.25, 0.3) is 0 Å². The molecule has 2 aliphatic heterocycles. The number of pyridine rings is 1. The van der Waals surface area contributed by atoms with Gasteiger partial charge < -0.3 is 14.9 Å². The van der Waals surface area contributed by atoms with E-state index in [9.17, 15) is 9.90 Å². The van der Waals surface area contributed by atoms with Gasteiger partial charge >= 0.3 is 5.97 Å². The number of nitrogens with zero attached hydrogens (tertiary/aromatic N) is 3. The van der Waals surface area contributed by atoms with Gasteiger partial charge in [-0.2, -0.15) is 0 Å². The van der Waals surface area contributed by atoms with Crippen LogP contribution in [-0.2, 0) is 11.2 Å². The van der Waals surface area contributed by atoms with E-state index in [1.807, 2.05) is 32.2 Å². The molecular weight excluding hydrogens is 266 g/mol. The fourth-order valence-electron chi connectivity index (χ4n) is 3.90. The summed E-state index contributed by atoms with van der Waals surface area (Å²) in [5.74, 6) is -0.376. The van der Waals surface area contributed by atoms with Crippen LogP contribution in [0.25, 0.3) is 0 Å². The van der Waals surface area contributed by atoms with Crippen molar-refractivity contribution in [2.45, 2.75) is 13.3 Å². The summed E-state index contributed by atoms with van der Waals surface area (Å²) in [6.07, 6.45) is 0.889. The lowest BCUT2D eigenvalue weighted by atomic mass is 9.81. The van der Waals surface area contributed by atoms with Crippen molar-refractivity contribution in [2.75, 3.05) is 39.8 Å². The number of carboxylic acids is 1. The van der Waals surface area contributed by atoms with Gasteiger partial charge in [0.2, 0.25) is 0 Å². The number of hydrogen-bond donors (Lipinski definition) is 1. The molecule has 114 valence electrons. The molecule has 3 heterocycles. The van der Waals surface area contributed by atoms with Gasteiger partial charge in [-0.1, -0.05) is 6.07 Å². The SMILES string of the molecule is Cc1cccc(CCN2C[C@@H]3CN(C)C[C@]3(C(=O)O)C2)n1. The molecule has 2 fully saturated rings. The number of hydrogen-bond acceptors (Lipinski definition) is 4. The molecule has 1 aromatic rings. The van der Waals surface area contributed by atoms with Crippen LogP contribution in [0.4, 0.5) is 0 Å². The van der Waals surface area contributed by atoms with Gasteiger partial charge in [0, 0.05) is 56.5 Å². The fraction of sp³-hybridized carbons (Fsp3) is 0.625. The standard InChI is InChI=1S/C16H23N3O2/c1-12-4-3-5-14(17-12)6-7-19-9-13-8-18(2)10-16(13,11-19)15(20)21/h3-5,13H,6-11H2,1-2H3,(H,20,21)/t13-,16-/m0/s1. The third-order valence-corrected chi connectivity index (χ3v) is 4.91. The van der Waals surface area contributed by atoms with E-state index < -0.39 is 11.4 Å². The largest absolute Gasteiger partial charge is 0.481 e. The van der Waals surface area contributed by atoms with Crippen LogP contribution in [0, 0.1) is 18.3 Å². The molecule has 1 aromatic heterocycles. The summed E-state index contributed by atoms with van der Waals surface area (Å²) in [6.45, 7) is 6.02. The highest BCUT2D eigenvalue weighted by atomic mass is 16.4. The van der Waals surface area contributed by atoms with Crippen molar-refractivity contribution in [1.82, 2.24) is 14.8 Å². The Kier molecular flexibility index (Phi) is 3.71. The molecule has 21 heavy (non-hydrogen) atoms. The second kappa shape index (κ2) is 5.39. The molecule has 1 N–H and O–H groups in total. The molecule has 0 spiro atoms. The first kappa shape index (κ1) is 14.5. The molecule has 2 atom stereocenters. The molecular formula is C16H23N3O2. The first-order valence-corrected chi connectivity index (χ1v) is 7.56. The average molecular weight is 289 g/mol. The summed E-state index contributed by atoms with van der Waals surface area (Å²) in [5, 5.41) is 9.67. The van der Waals surface area contributed by atoms with Crippen LogP contribution in [0.3, 0.4) is 0 Å². The minimum Gasteiger partial charge on any atom is -0.481 e. The normalized spacial score (nSPS) is 29.7. The quantitative estimate of drug-likeness (QED) is 0.892. The number of carbonyl (C=O) groups is 1. The molecule has 0 aliphatic carbocycles. The number of likely N-dealkylation sites (tertiary alicyclic amines) is 2. The van der Waals surface area contributed by atoms with E-state index >= 15 is 0 Å². The Bertz CT molecular complexity index is 548. The van der Waals surface area contributed by atoms with Gasteiger partial charge in [-0.05, 0) is 26.1 Å². The molecule has 0 aromatic carbocycles. The molecule has 0 unspecified atom stereocenters. The Morgan fingerprint density at radius 3 is 2.90 bits per heavy atom. The first-order chi connectivity index (χ1) is 9.99. The second-order valence-corrected chi connectivity index (χ2v) is 6.61. The summed E-state index contributed by atoms with van der Waals surface area (Å²) < 4.78 is 0. The predicted octanol–water partition coefficient (Wildman–Crippen LogP) is 0.881. The number of carboxylic acid groups (broad SMARTS) is 1. The first-order valence-electron chi connectivity index (χ1n) is 7.56. The van der Waals surface area contributed by atoms with Crippen molar-refractivity contribution in [3.05, 3.63) is 29.6 Å². The zero-order valence-electron chi connectivity index (χ0n) is 12.7. The van der Waals surface area contributed by atoms with Crippen molar-refractivity contribution in [1.29, 1.82) is 0 Å². The molecule has 5 heteroatoms. The molecule has 0 bridgehead atoms. The van der Waals surface area contributed by atoms with Crippen molar-refractivity contribution in [2.24, 2.45) is 11.3 Å². The Morgan fingerprint density at radius 2 is 2.24 bits per heavy atom. The van der Waals surface area contributed by atoms with Gasteiger partial charge in [-0.25, -0.2) is 0 Å². The van der Waals surface area contributed by atoms with Gasteiger partial charge in [0.1, 0.15) is 0 Å². The van der Waals surface area contributed by atoms with E-state index in [-0.39, 0.29) is 5.92 Å². The lowest BCUT2D eigenvalue weighted by Crippen LogP contribution is -2.40. The van der Waals surface area contributed by atoms with E-state index in [4.69, 9.17) is 0 Å². The topological polar surface area (TPSA) is 56.7 Å². The van der Waals surface area contributed by atoms with Gasteiger partial charge in [-0.3, -0.25) is 9.78 Å². The van der Waals surface area contributed by atoms with Crippen molar-refractivity contribution in [3.8, 4) is 0 Å². The van der Waals surface area contributed by atoms with Crippen LogP contribution in [-0.4, -0.2) is 65.6 Å². The summed E-state index contributed by atoms with van der Waals surface area (Å²) in [6, 6.07) is 6.08. The third kappa shape index (κ3) is 2.68. The highest BCUT2D eigenvalue weighted by Crippen LogP contribution is 2.42. The van der Waals surface area contributed by atoms with Crippen LogP contribution >= 0.6 is 0 Å². The van der Waals surface area contributed by atoms with Crippen LogP contribution in [0.1, 0.15) is 11.4 Å². The maximum atomic E-state index is 11.7. The summed E-state index contributed by atoms with van der Waals surface area (Å²) >= 11 is 0. The summed E-state index contributed by atoms with van der Waals surface area (Å²) in [5.41, 5.74) is 1.57. The molecule has 2 aliphatic rings. The van der Waals surface area contributed by atoms with Gasteiger partial charge in [-0.15, -0.1) is 0 Å². The highest BCUT2D eigenvalue weighted by molar-refractivity contribution is 5.77. The molecule has 0 radical (unpaired) electrons. The third-order valence-electron chi connectivity index (χ3n) is 4.91. The van der Waals surface area contributed by atoms with Gasteiger partial charge in [0.05, 0.1) is 5.41 Å². The summed E-state index contributed by atoms with van der Waals surface area (Å²) in [4.78, 5) is 20.7. The zero-order valence-corrected chi connectivity index (χ0v) is 12.7. The lowest BCUT2D eigenvalue weighted by molar-refractivity contribution is -0.148. The smallest absolute Gasteiger partial charge is 0.312 e. The van der Waals surface area contributed by atoms with Crippen LogP contribution < -0.4 is 0 Å². The number of aliphatic carboxylic acids is 1. The number of aromatic nitrogens is 1. The van der Waals surface area contributed by atoms with Crippen molar-refractivity contribution >= 4 is 5.97 Å². The van der Waals surface area contributed by atoms with E-state index in [1.54, 1.807) is 0 Å². The van der Waals surface area contributed by atoms with E-state index in [2.05, 4.69) is 14.8 Å². The lowest BCUT2D eigenvalue weighted by Gasteiger charge is -2.24. The zero-order chi connectivity index (χ0) is 15.0. The van der Waals surface area contributed by atoms with Crippen LogP contribution in [0.5, 0.6) is 0 Å². The van der Waals surface area contributed by atoms with E-state index in [0.29, 0.717) is 13.1 Å². The van der Waals surface area contributed by atoms with Gasteiger partial charge in [0.15, 0.2) is 0 Å². The maximum absolute atomic E-state index is 11.7. The Hall–Kier alpha value is -1.46. The van der Waals surface area contributed by atoms with E-state index in [1.165, 1.54) is 0 Å². The Balaban J connectivity index is 1.63.